The predicted octanol–water partition coefficient (Wildman–Crippen LogP) is 2.28. The summed E-state index contributed by atoms with van der Waals surface area (Å²) in [7, 11) is 1.60. The summed E-state index contributed by atoms with van der Waals surface area (Å²) >= 11 is 0. The van der Waals surface area contributed by atoms with Gasteiger partial charge in [-0.1, -0.05) is 36.4 Å². The van der Waals surface area contributed by atoms with Crippen molar-refractivity contribution in [1.82, 2.24) is 18.6 Å². The van der Waals surface area contributed by atoms with Gasteiger partial charge >= 0.3 is 5.69 Å². The van der Waals surface area contributed by atoms with Crippen LogP contribution in [0, 0.1) is 6.92 Å². The van der Waals surface area contributed by atoms with E-state index in [0.29, 0.717) is 34.6 Å². The van der Waals surface area contributed by atoms with Crippen LogP contribution in [0.2, 0.25) is 0 Å². The summed E-state index contributed by atoms with van der Waals surface area (Å²) in [6, 6.07) is 18.0. The second kappa shape index (κ2) is 10.6. The molecule has 1 saturated heterocycles. The number of para-hydroxylation sites is 2. The third-order valence-electron chi connectivity index (χ3n) is 6.89. The highest BCUT2D eigenvalue weighted by molar-refractivity contribution is 5.91. The summed E-state index contributed by atoms with van der Waals surface area (Å²) < 4.78 is 9.45. The van der Waals surface area contributed by atoms with Crippen LogP contribution < -0.4 is 22.1 Å². The van der Waals surface area contributed by atoms with Crippen LogP contribution in [0.5, 0.6) is 0 Å². The van der Waals surface area contributed by atoms with Gasteiger partial charge in [-0.3, -0.25) is 19.1 Å². The summed E-state index contributed by atoms with van der Waals surface area (Å²) in [5, 5.41) is 3.69. The molecule has 9 nitrogen and oxygen atoms in total. The zero-order valence-corrected chi connectivity index (χ0v) is 21.1. The molecule has 1 aliphatic heterocycles. The first kappa shape index (κ1) is 24.7. The van der Waals surface area contributed by atoms with Gasteiger partial charge < -0.3 is 10.1 Å². The van der Waals surface area contributed by atoms with Crippen LogP contribution in [0.15, 0.2) is 75.0 Å². The van der Waals surface area contributed by atoms with Gasteiger partial charge in [0.15, 0.2) is 0 Å². The summed E-state index contributed by atoms with van der Waals surface area (Å²) in [6.45, 7) is 6.47. The number of nitrogens with one attached hydrogen (secondary N) is 1. The van der Waals surface area contributed by atoms with E-state index in [1.165, 1.54) is 13.7 Å². The van der Waals surface area contributed by atoms with Crippen LogP contribution in [0.4, 0.5) is 5.69 Å². The molecule has 2 aromatic carbocycles. The fourth-order valence-electron chi connectivity index (χ4n) is 4.95. The van der Waals surface area contributed by atoms with E-state index in [1.54, 1.807) is 50.4 Å². The van der Waals surface area contributed by atoms with E-state index < -0.39 is 11.2 Å². The van der Waals surface area contributed by atoms with Crippen molar-refractivity contribution in [2.45, 2.75) is 13.3 Å². The lowest BCUT2D eigenvalue weighted by Crippen LogP contribution is -2.41. The van der Waals surface area contributed by atoms with Crippen molar-refractivity contribution in [2.24, 2.45) is 7.05 Å². The molecule has 0 saturated carbocycles. The largest absolute Gasteiger partial charge is 0.384 e. The minimum absolute atomic E-state index is 0.260. The van der Waals surface area contributed by atoms with E-state index in [-0.39, 0.29) is 11.2 Å². The van der Waals surface area contributed by atoms with Crippen molar-refractivity contribution >= 4 is 16.7 Å². The number of pyridine rings is 1. The quantitative estimate of drug-likeness (QED) is 0.391. The van der Waals surface area contributed by atoms with Gasteiger partial charge in [-0.2, -0.15) is 0 Å². The zero-order chi connectivity index (χ0) is 25.9. The van der Waals surface area contributed by atoms with Gasteiger partial charge in [-0.15, -0.1) is 0 Å². The number of hydrogen-bond donors (Lipinski definition) is 1. The summed E-state index contributed by atoms with van der Waals surface area (Å²) in [5.41, 5.74) is 0.951. The smallest absolute Gasteiger partial charge is 0.341 e. The third-order valence-corrected chi connectivity index (χ3v) is 6.89. The maximum absolute atomic E-state index is 14.0. The van der Waals surface area contributed by atoms with Crippen LogP contribution in [0.3, 0.4) is 0 Å². The predicted molar refractivity (Wildman–Crippen MR) is 145 cm³/mol. The molecule has 0 radical (unpaired) electrons. The molecule has 37 heavy (non-hydrogen) atoms. The lowest BCUT2D eigenvalue weighted by molar-refractivity contribution is 0.0378. The Balaban J connectivity index is 1.71. The van der Waals surface area contributed by atoms with E-state index >= 15 is 0 Å². The Bertz CT molecular complexity index is 1580. The van der Waals surface area contributed by atoms with E-state index in [4.69, 9.17) is 4.74 Å². The molecule has 1 aliphatic rings. The van der Waals surface area contributed by atoms with Gasteiger partial charge in [0.25, 0.3) is 11.1 Å². The summed E-state index contributed by atoms with van der Waals surface area (Å²) in [6.07, 6.45) is 0.835. The Morgan fingerprint density at radius 1 is 0.838 bits per heavy atom. The number of benzene rings is 2. The first-order chi connectivity index (χ1) is 18.0. The van der Waals surface area contributed by atoms with Crippen molar-refractivity contribution < 1.29 is 4.74 Å². The molecule has 9 heteroatoms. The molecule has 3 heterocycles. The Morgan fingerprint density at radius 3 is 2.05 bits per heavy atom. The van der Waals surface area contributed by atoms with Gasteiger partial charge in [-0.25, -0.2) is 13.9 Å². The number of rotatable bonds is 7. The van der Waals surface area contributed by atoms with Gasteiger partial charge in [-0.05, 0) is 44.2 Å². The van der Waals surface area contributed by atoms with E-state index in [2.05, 4.69) is 10.2 Å². The molecule has 5 rings (SSSR count). The second-order valence-electron chi connectivity index (χ2n) is 9.23. The highest BCUT2D eigenvalue weighted by Crippen LogP contribution is 2.23. The van der Waals surface area contributed by atoms with Crippen LogP contribution in [-0.4, -0.2) is 58.0 Å². The lowest BCUT2D eigenvalue weighted by Gasteiger charge is -2.26. The third kappa shape index (κ3) is 4.63. The summed E-state index contributed by atoms with van der Waals surface area (Å²) in [4.78, 5) is 43.6. The Kier molecular flexibility index (Phi) is 7.07. The molecule has 192 valence electrons. The molecule has 1 N–H and O–H groups in total. The van der Waals surface area contributed by atoms with E-state index in [0.717, 1.165) is 39.3 Å². The molecule has 0 aliphatic carbocycles. The average molecular weight is 502 g/mol. The van der Waals surface area contributed by atoms with Gasteiger partial charge in [0.05, 0.1) is 30.3 Å². The molecular weight excluding hydrogens is 470 g/mol. The topological polar surface area (TPSA) is 90.5 Å². The Hall–Kier alpha value is -3.95. The zero-order valence-electron chi connectivity index (χ0n) is 21.1. The van der Waals surface area contributed by atoms with Crippen LogP contribution in [-0.2, 0) is 11.8 Å². The number of aryl methyl sites for hydroxylation is 1. The highest BCUT2D eigenvalue weighted by Gasteiger charge is 2.23. The molecule has 2 aromatic heterocycles. The number of aromatic nitrogens is 3. The van der Waals surface area contributed by atoms with Crippen molar-refractivity contribution in [3.8, 4) is 11.4 Å². The number of anilines is 1. The highest BCUT2D eigenvalue weighted by atomic mass is 16.5. The van der Waals surface area contributed by atoms with Crippen molar-refractivity contribution in [3.63, 3.8) is 0 Å². The SMILES string of the molecule is Cc1c(NCCCN2CCOCC2)c2c(=O)n(-c3ccccc3)c(=O)n(-c3ccccc3)c2n(C)c1=O. The molecule has 1 fully saturated rings. The van der Waals surface area contributed by atoms with Gasteiger partial charge in [0, 0.05) is 32.2 Å². The number of ether oxygens (including phenoxy) is 1. The normalized spacial score (nSPS) is 14.2. The number of hydrogen-bond acceptors (Lipinski definition) is 6. The van der Waals surface area contributed by atoms with Gasteiger partial charge in [0.2, 0.25) is 0 Å². The van der Waals surface area contributed by atoms with E-state index in [1.807, 2.05) is 24.3 Å². The average Bonchev–Trinajstić information content (AvgIpc) is 2.93. The lowest BCUT2D eigenvalue weighted by atomic mass is 10.1. The maximum Gasteiger partial charge on any atom is 0.341 e. The van der Waals surface area contributed by atoms with Gasteiger partial charge in [0.1, 0.15) is 11.0 Å². The number of morpholine rings is 1. The molecule has 4 aromatic rings. The standard InChI is InChI=1S/C28H31N5O4/c1-20-24(29-14-9-15-31-16-18-37-19-17-31)23-25(30(2)26(20)34)32(21-10-5-3-6-11-21)28(36)33(27(23)35)22-12-7-4-8-13-22/h3-8,10-13,29H,9,14-19H2,1-2H3. The first-order valence-corrected chi connectivity index (χ1v) is 12.5. The molecular formula is C28H31N5O4. The fourth-order valence-corrected chi connectivity index (χ4v) is 4.95. The number of fused-ring (bicyclic) bond motifs is 1. The van der Waals surface area contributed by atoms with Crippen molar-refractivity contribution in [3.05, 3.63) is 97.4 Å². The molecule has 0 spiro atoms. The fraction of sp³-hybridized carbons (Fsp3) is 0.321. The summed E-state index contributed by atoms with van der Waals surface area (Å²) in [5.74, 6) is 0. The van der Waals surface area contributed by atoms with Crippen LogP contribution in [0.25, 0.3) is 22.4 Å². The van der Waals surface area contributed by atoms with Crippen molar-refractivity contribution in [1.29, 1.82) is 0 Å². The number of nitrogens with zero attached hydrogens (tertiary/aromatic N) is 4. The second-order valence-corrected chi connectivity index (χ2v) is 9.23. The maximum atomic E-state index is 14.0. The Morgan fingerprint density at radius 2 is 1.43 bits per heavy atom. The minimum atomic E-state index is -0.535. The monoisotopic (exact) mass is 501 g/mol. The molecule has 0 atom stereocenters. The minimum Gasteiger partial charge on any atom is -0.384 e. The first-order valence-electron chi connectivity index (χ1n) is 12.5. The molecule has 0 amide bonds. The van der Waals surface area contributed by atoms with Crippen LogP contribution in [0.1, 0.15) is 12.0 Å². The van der Waals surface area contributed by atoms with Crippen molar-refractivity contribution in [2.75, 3.05) is 44.7 Å². The molecule has 0 unspecified atom stereocenters. The molecule has 0 bridgehead atoms. The van der Waals surface area contributed by atoms with Crippen LogP contribution >= 0.6 is 0 Å². The van der Waals surface area contributed by atoms with E-state index in [9.17, 15) is 14.4 Å². The Labute approximate surface area is 214 Å².